The van der Waals surface area contributed by atoms with Gasteiger partial charge in [-0.3, -0.25) is 9.69 Å². The van der Waals surface area contributed by atoms with Gasteiger partial charge in [0.25, 0.3) is 0 Å². The molecule has 1 saturated heterocycles. The first kappa shape index (κ1) is 15.2. The summed E-state index contributed by atoms with van der Waals surface area (Å²) in [5.41, 5.74) is 5.60. The summed E-state index contributed by atoms with van der Waals surface area (Å²) in [5.74, 6) is 0.225. The number of carbonyl (C=O) groups is 1. The molecular weight excluding hydrogens is 272 g/mol. The minimum Gasteiger partial charge on any atom is -0.375 e. The number of thiazole rings is 1. The maximum atomic E-state index is 11.9. The number of hydrogen-bond acceptors (Lipinski definition) is 5. The molecule has 0 unspecified atom stereocenters. The van der Waals surface area contributed by atoms with Crippen molar-refractivity contribution in [2.75, 3.05) is 31.9 Å². The van der Waals surface area contributed by atoms with Crippen LogP contribution in [-0.2, 0) is 11.3 Å². The van der Waals surface area contributed by atoms with Crippen molar-refractivity contribution in [3.8, 4) is 0 Å². The average molecular weight is 291 g/mol. The number of nitrogens with zero attached hydrogens (tertiary/aromatic N) is 3. The van der Waals surface area contributed by atoms with Crippen LogP contribution < -0.4 is 5.73 Å². The highest BCUT2D eigenvalue weighted by Crippen LogP contribution is 2.17. The number of anilines is 1. The second-order valence-electron chi connectivity index (χ2n) is 4.20. The Labute approximate surface area is 117 Å². The summed E-state index contributed by atoms with van der Waals surface area (Å²) < 4.78 is 0. The fourth-order valence-electron chi connectivity index (χ4n) is 2.07. The second-order valence-corrected chi connectivity index (χ2v) is 5.35. The van der Waals surface area contributed by atoms with E-state index in [-0.39, 0.29) is 18.3 Å². The summed E-state index contributed by atoms with van der Waals surface area (Å²) in [4.78, 5) is 21.1. The summed E-state index contributed by atoms with van der Waals surface area (Å²) in [5, 5.41) is 0.594. The molecule has 5 nitrogen and oxygen atoms in total. The van der Waals surface area contributed by atoms with E-state index in [0.29, 0.717) is 11.7 Å². The Kier molecular flexibility index (Phi) is 5.84. The van der Waals surface area contributed by atoms with E-state index in [4.69, 9.17) is 5.73 Å². The smallest absolute Gasteiger partial charge is 0.236 e. The van der Waals surface area contributed by atoms with Crippen LogP contribution in [0.15, 0.2) is 6.20 Å². The number of nitrogens with two attached hydrogens (primary N) is 1. The van der Waals surface area contributed by atoms with Gasteiger partial charge in [0.1, 0.15) is 0 Å². The summed E-state index contributed by atoms with van der Waals surface area (Å²) in [6.07, 6.45) is 2.83. The zero-order valence-corrected chi connectivity index (χ0v) is 12.1. The number of nitrogen functional groups attached to an aromatic ring is 1. The lowest BCUT2D eigenvalue weighted by Gasteiger charge is -2.19. The van der Waals surface area contributed by atoms with Crippen molar-refractivity contribution < 1.29 is 4.79 Å². The first-order valence-corrected chi connectivity index (χ1v) is 6.71. The van der Waals surface area contributed by atoms with Gasteiger partial charge in [-0.05, 0) is 13.3 Å². The summed E-state index contributed by atoms with van der Waals surface area (Å²) >= 11 is 1.50. The number of halogens is 1. The van der Waals surface area contributed by atoms with E-state index in [1.54, 1.807) is 6.20 Å². The molecule has 0 saturated carbocycles. The van der Waals surface area contributed by atoms with E-state index < -0.39 is 0 Å². The van der Waals surface area contributed by atoms with E-state index in [9.17, 15) is 4.79 Å². The van der Waals surface area contributed by atoms with E-state index in [1.165, 1.54) is 11.3 Å². The molecular formula is C11H19ClN4OS. The van der Waals surface area contributed by atoms with E-state index in [1.807, 2.05) is 11.8 Å². The molecule has 0 atom stereocenters. The first-order valence-electron chi connectivity index (χ1n) is 5.89. The van der Waals surface area contributed by atoms with Gasteiger partial charge in [-0.2, -0.15) is 0 Å². The molecule has 2 rings (SSSR count). The van der Waals surface area contributed by atoms with Crippen LogP contribution in [0.5, 0.6) is 0 Å². The molecule has 0 aliphatic carbocycles. The minimum atomic E-state index is 0. The quantitative estimate of drug-likeness (QED) is 0.909. The van der Waals surface area contributed by atoms with Crippen LogP contribution in [0.2, 0.25) is 0 Å². The summed E-state index contributed by atoms with van der Waals surface area (Å²) in [6, 6.07) is 0. The standard InChI is InChI=1S/C11H18N4OS.ClH/c1-2-15-5-3-4-14(8-10(15)16)7-9-6-13-11(12)17-9;/h6H,2-5,7-8H2,1H3,(H2,12,13);1H. The summed E-state index contributed by atoms with van der Waals surface area (Å²) in [6.45, 7) is 5.94. The Morgan fingerprint density at radius 2 is 2.28 bits per heavy atom. The Balaban J connectivity index is 0.00000162. The second kappa shape index (κ2) is 6.92. The van der Waals surface area contributed by atoms with Crippen LogP contribution >= 0.6 is 23.7 Å². The van der Waals surface area contributed by atoms with Crippen LogP contribution in [0.25, 0.3) is 0 Å². The molecule has 1 aromatic heterocycles. The van der Waals surface area contributed by atoms with E-state index >= 15 is 0 Å². The molecule has 2 heterocycles. The van der Waals surface area contributed by atoms with Crippen molar-refractivity contribution in [2.24, 2.45) is 0 Å². The maximum Gasteiger partial charge on any atom is 0.236 e. The molecule has 0 spiro atoms. The predicted octanol–water partition coefficient (Wildman–Crippen LogP) is 1.20. The zero-order chi connectivity index (χ0) is 12.3. The molecule has 1 aromatic rings. The Hall–Kier alpha value is -0.850. The molecule has 102 valence electrons. The third-order valence-electron chi connectivity index (χ3n) is 2.95. The molecule has 0 bridgehead atoms. The molecule has 18 heavy (non-hydrogen) atoms. The molecule has 1 amide bonds. The number of likely N-dealkylation sites (N-methyl/N-ethyl adjacent to an activating group) is 1. The largest absolute Gasteiger partial charge is 0.375 e. The van der Waals surface area contributed by atoms with Crippen molar-refractivity contribution in [3.05, 3.63) is 11.1 Å². The third kappa shape index (κ3) is 3.83. The molecule has 1 aliphatic rings. The fraction of sp³-hybridized carbons (Fsp3) is 0.636. The number of rotatable bonds is 3. The third-order valence-corrected chi connectivity index (χ3v) is 3.76. The fourth-order valence-corrected chi connectivity index (χ4v) is 2.79. The van der Waals surface area contributed by atoms with Crippen LogP contribution in [0.4, 0.5) is 5.13 Å². The average Bonchev–Trinajstić information content (AvgIpc) is 2.60. The van der Waals surface area contributed by atoms with Crippen molar-refractivity contribution >= 4 is 34.8 Å². The van der Waals surface area contributed by atoms with Crippen molar-refractivity contribution in [3.63, 3.8) is 0 Å². The monoisotopic (exact) mass is 290 g/mol. The molecule has 7 heteroatoms. The number of hydrogen-bond donors (Lipinski definition) is 1. The van der Waals surface area contributed by atoms with Crippen LogP contribution in [0, 0.1) is 0 Å². The number of carbonyl (C=O) groups excluding carboxylic acids is 1. The van der Waals surface area contributed by atoms with E-state index in [2.05, 4.69) is 9.88 Å². The van der Waals surface area contributed by atoms with Crippen molar-refractivity contribution in [1.82, 2.24) is 14.8 Å². The lowest BCUT2D eigenvalue weighted by Crippen LogP contribution is -2.36. The summed E-state index contributed by atoms with van der Waals surface area (Å²) in [7, 11) is 0. The van der Waals surface area contributed by atoms with Gasteiger partial charge < -0.3 is 10.6 Å². The highest BCUT2D eigenvalue weighted by molar-refractivity contribution is 7.15. The van der Waals surface area contributed by atoms with Gasteiger partial charge in [0.15, 0.2) is 5.13 Å². The van der Waals surface area contributed by atoms with Gasteiger partial charge >= 0.3 is 0 Å². The SMILES string of the molecule is CCN1CCCN(Cc2cnc(N)s2)CC1=O.Cl. The van der Waals surface area contributed by atoms with Gasteiger partial charge in [-0.25, -0.2) is 4.98 Å². The molecule has 1 aliphatic heterocycles. The van der Waals surface area contributed by atoms with Gasteiger partial charge in [0, 0.05) is 37.3 Å². The Morgan fingerprint density at radius 3 is 2.89 bits per heavy atom. The van der Waals surface area contributed by atoms with Crippen LogP contribution in [0.3, 0.4) is 0 Å². The van der Waals surface area contributed by atoms with Crippen molar-refractivity contribution in [1.29, 1.82) is 0 Å². The molecule has 0 radical (unpaired) electrons. The maximum absolute atomic E-state index is 11.9. The topological polar surface area (TPSA) is 62.5 Å². The molecule has 2 N–H and O–H groups in total. The van der Waals surface area contributed by atoms with Gasteiger partial charge in [0.05, 0.1) is 6.54 Å². The Bertz CT molecular complexity index is 398. The van der Waals surface area contributed by atoms with Crippen molar-refractivity contribution in [2.45, 2.75) is 19.9 Å². The normalized spacial score (nSPS) is 17.4. The number of amides is 1. The lowest BCUT2D eigenvalue weighted by molar-refractivity contribution is -0.131. The van der Waals surface area contributed by atoms with Gasteiger partial charge in [-0.15, -0.1) is 23.7 Å². The number of aromatic nitrogens is 1. The first-order chi connectivity index (χ1) is 8.19. The van der Waals surface area contributed by atoms with Gasteiger partial charge in [0.2, 0.25) is 5.91 Å². The lowest BCUT2D eigenvalue weighted by atomic mass is 10.3. The highest BCUT2D eigenvalue weighted by atomic mass is 35.5. The minimum absolute atomic E-state index is 0. The predicted molar refractivity (Wildman–Crippen MR) is 75.9 cm³/mol. The zero-order valence-electron chi connectivity index (χ0n) is 10.5. The Morgan fingerprint density at radius 1 is 1.50 bits per heavy atom. The highest BCUT2D eigenvalue weighted by Gasteiger charge is 2.20. The van der Waals surface area contributed by atoms with Crippen LogP contribution in [-0.4, -0.2) is 46.9 Å². The molecule has 0 aromatic carbocycles. The van der Waals surface area contributed by atoms with E-state index in [0.717, 1.165) is 37.5 Å². The molecule has 1 fully saturated rings. The van der Waals surface area contributed by atoms with Gasteiger partial charge in [-0.1, -0.05) is 0 Å². The van der Waals surface area contributed by atoms with Crippen LogP contribution in [0.1, 0.15) is 18.2 Å².